The largest absolute Gasteiger partial charge is 0.489 e. The summed E-state index contributed by atoms with van der Waals surface area (Å²) >= 11 is 0. The van der Waals surface area contributed by atoms with Gasteiger partial charge in [-0.15, -0.1) is 0 Å². The smallest absolute Gasteiger partial charge is 0.221 e. The first kappa shape index (κ1) is 14.4. The third-order valence-corrected chi connectivity index (χ3v) is 3.94. The van der Waals surface area contributed by atoms with Crippen LogP contribution >= 0.6 is 0 Å². The Balaban J connectivity index is 1.89. The van der Waals surface area contributed by atoms with E-state index in [2.05, 4.69) is 22.3 Å². The Bertz CT molecular complexity index is 643. The number of hydrogen-bond donors (Lipinski definition) is 1. The molecule has 0 spiro atoms. The van der Waals surface area contributed by atoms with Crippen LogP contribution in [0.1, 0.15) is 12.0 Å². The Labute approximate surface area is 130 Å². The van der Waals surface area contributed by atoms with Crippen molar-refractivity contribution in [1.29, 1.82) is 0 Å². The van der Waals surface area contributed by atoms with Gasteiger partial charge in [-0.05, 0) is 17.7 Å². The summed E-state index contributed by atoms with van der Waals surface area (Å²) in [7, 11) is 1.67. The fourth-order valence-electron chi connectivity index (χ4n) is 2.77. The summed E-state index contributed by atoms with van der Waals surface area (Å²) in [6, 6.07) is 18.3. The molecule has 1 aliphatic rings. The fraction of sp³-hybridized carbons (Fsp3) is 0.278. The molecule has 0 radical (unpaired) electrons. The highest BCUT2D eigenvalue weighted by atomic mass is 16.5. The molecule has 0 unspecified atom stereocenters. The molecule has 114 valence electrons. The summed E-state index contributed by atoms with van der Waals surface area (Å²) < 4.78 is 5.83. The van der Waals surface area contributed by atoms with E-state index in [0.717, 1.165) is 18.0 Å². The molecule has 1 heterocycles. The molecule has 1 aliphatic heterocycles. The highest BCUT2D eigenvalue weighted by molar-refractivity contribution is 5.77. The Morgan fingerprint density at radius 3 is 2.68 bits per heavy atom. The monoisotopic (exact) mass is 296 g/mol. The second kappa shape index (κ2) is 6.52. The van der Waals surface area contributed by atoms with Crippen LogP contribution in [0.15, 0.2) is 54.6 Å². The lowest BCUT2D eigenvalue weighted by atomic mass is 10.1. The number of fused-ring (bicyclic) bond motifs is 1. The third kappa shape index (κ3) is 3.06. The molecule has 0 bridgehead atoms. The standard InChI is InChI=1S/C18H20N2O2/c1-19-18(21)11-15-13-22-17-10-6-5-9-16(17)20(15)12-14-7-3-2-4-8-14/h2-10,15H,11-13H2,1H3,(H,19,21)/t15-/m0/s1. The lowest BCUT2D eigenvalue weighted by molar-refractivity contribution is -0.121. The second-order valence-corrected chi connectivity index (χ2v) is 5.42. The van der Waals surface area contributed by atoms with Crippen molar-refractivity contribution in [1.82, 2.24) is 5.32 Å². The first-order chi connectivity index (χ1) is 10.8. The first-order valence-electron chi connectivity index (χ1n) is 7.51. The van der Waals surface area contributed by atoms with Gasteiger partial charge in [0.25, 0.3) is 0 Å². The normalized spacial score (nSPS) is 16.6. The minimum absolute atomic E-state index is 0.0334. The van der Waals surface area contributed by atoms with E-state index in [-0.39, 0.29) is 11.9 Å². The van der Waals surface area contributed by atoms with Crippen LogP contribution in [0, 0.1) is 0 Å². The van der Waals surface area contributed by atoms with Crippen LogP contribution in [0.2, 0.25) is 0 Å². The van der Waals surface area contributed by atoms with Crippen LogP contribution in [-0.2, 0) is 11.3 Å². The number of para-hydroxylation sites is 2. The Morgan fingerprint density at radius 1 is 1.18 bits per heavy atom. The SMILES string of the molecule is CNC(=O)C[C@H]1COc2ccccc2N1Cc1ccccc1. The van der Waals surface area contributed by atoms with Gasteiger partial charge in [0.1, 0.15) is 12.4 Å². The zero-order chi connectivity index (χ0) is 15.4. The van der Waals surface area contributed by atoms with E-state index in [4.69, 9.17) is 4.74 Å². The van der Waals surface area contributed by atoms with Crippen LogP contribution in [0.3, 0.4) is 0 Å². The highest BCUT2D eigenvalue weighted by Crippen LogP contribution is 2.35. The molecule has 1 atom stereocenters. The molecule has 0 aromatic heterocycles. The van der Waals surface area contributed by atoms with Gasteiger partial charge in [0.2, 0.25) is 5.91 Å². The molecule has 0 aliphatic carbocycles. The fourth-order valence-corrected chi connectivity index (χ4v) is 2.77. The van der Waals surface area contributed by atoms with Gasteiger partial charge in [-0.25, -0.2) is 0 Å². The quantitative estimate of drug-likeness (QED) is 0.943. The van der Waals surface area contributed by atoms with Crippen LogP contribution in [0.4, 0.5) is 5.69 Å². The van der Waals surface area contributed by atoms with E-state index in [1.165, 1.54) is 5.56 Å². The predicted octanol–water partition coefficient (Wildman–Crippen LogP) is 2.59. The van der Waals surface area contributed by atoms with Gasteiger partial charge >= 0.3 is 0 Å². The molecule has 4 heteroatoms. The Hall–Kier alpha value is -2.49. The number of nitrogens with zero attached hydrogens (tertiary/aromatic N) is 1. The number of carbonyl (C=O) groups is 1. The van der Waals surface area contributed by atoms with Crippen LogP contribution < -0.4 is 15.0 Å². The van der Waals surface area contributed by atoms with Crippen molar-refractivity contribution in [2.75, 3.05) is 18.6 Å². The number of benzene rings is 2. The molecule has 4 nitrogen and oxygen atoms in total. The van der Waals surface area contributed by atoms with Gasteiger partial charge in [-0.3, -0.25) is 4.79 Å². The van der Waals surface area contributed by atoms with E-state index in [1.54, 1.807) is 7.05 Å². The van der Waals surface area contributed by atoms with Gasteiger partial charge in [0, 0.05) is 13.6 Å². The minimum atomic E-state index is 0.0334. The lowest BCUT2D eigenvalue weighted by Crippen LogP contribution is -2.45. The van der Waals surface area contributed by atoms with E-state index >= 15 is 0 Å². The molecule has 0 saturated heterocycles. The lowest BCUT2D eigenvalue weighted by Gasteiger charge is -2.38. The average molecular weight is 296 g/mol. The molecule has 22 heavy (non-hydrogen) atoms. The van der Waals surface area contributed by atoms with Gasteiger partial charge in [-0.2, -0.15) is 0 Å². The van der Waals surface area contributed by atoms with Crippen molar-refractivity contribution in [2.24, 2.45) is 0 Å². The van der Waals surface area contributed by atoms with E-state index in [9.17, 15) is 4.79 Å². The van der Waals surface area contributed by atoms with Crippen LogP contribution in [0.25, 0.3) is 0 Å². The number of ether oxygens (including phenoxy) is 1. The van der Waals surface area contributed by atoms with Crippen molar-refractivity contribution in [3.8, 4) is 5.75 Å². The summed E-state index contributed by atoms with van der Waals surface area (Å²) in [5.74, 6) is 0.914. The number of anilines is 1. The summed E-state index contributed by atoms with van der Waals surface area (Å²) in [6.45, 7) is 1.29. The summed E-state index contributed by atoms with van der Waals surface area (Å²) in [5.41, 5.74) is 2.27. The maximum absolute atomic E-state index is 11.8. The number of rotatable bonds is 4. The number of nitrogens with one attached hydrogen (secondary N) is 1. The van der Waals surface area contributed by atoms with Gasteiger partial charge < -0.3 is 15.0 Å². The number of hydrogen-bond acceptors (Lipinski definition) is 3. The molecule has 2 aromatic carbocycles. The van der Waals surface area contributed by atoms with E-state index < -0.39 is 0 Å². The molecule has 0 saturated carbocycles. The minimum Gasteiger partial charge on any atom is -0.489 e. The molecule has 1 amide bonds. The van der Waals surface area contributed by atoms with E-state index in [0.29, 0.717) is 13.0 Å². The highest BCUT2D eigenvalue weighted by Gasteiger charge is 2.28. The number of amides is 1. The molecular formula is C18H20N2O2. The van der Waals surface area contributed by atoms with Crippen molar-refractivity contribution in [2.45, 2.75) is 19.0 Å². The van der Waals surface area contributed by atoms with Crippen molar-refractivity contribution >= 4 is 11.6 Å². The van der Waals surface area contributed by atoms with Gasteiger partial charge in [0.05, 0.1) is 18.2 Å². The van der Waals surface area contributed by atoms with Crippen molar-refractivity contribution < 1.29 is 9.53 Å². The average Bonchev–Trinajstić information content (AvgIpc) is 2.57. The molecule has 1 N–H and O–H groups in total. The number of carbonyl (C=O) groups excluding carboxylic acids is 1. The zero-order valence-electron chi connectivity index (χ0n) is 12.7. The van der Waals surface area contributed by atoms with Gasteiger partial charge in [0.15, 0.2) is 0 Å². The second-order valence-electron chi connectivity index (χ2n) is 5.42. The van der Waals surface area contributed by atoms with Crippen LogP contribution in [-0.4, -0.2) is 25.6 Å². The summed E-state index contributed by atoms with van der Waals surface area (Å²) in [6.07, 6.45) is 0.428. The molecule has 2 aromatic rings. The molecule has 0 fully saturated rings. The van der Waals surface area contributed by atoms with Gasteiger partial charge in [-0.1, -0.05) is 42.5 Å². The maximum atomic E-state index is 11.8. The molecule has 3 rings (SSSR count). The Morgan fingerprint density at radius 2 is 1.91 bits per heavy atom. The molecular weight excluding hydrogens is 276 g/mol. The van der Waals surface area contributed by atoms with Crippen molar-refractivity contribution in [3.63, 3.8) is 0 Å². The van der Waals surface area contributed by atoms with E-state index in [1.807, 2.05) is 42.5 Å². The van der Waals surface area contributed by atoms with Crippen LogP contribution in [0.5, 0.6) is 5.75 Å². The maximum Gasteiger partial charge on any atom is 0.221 e. The predicted molar refractivity (Wildman–Crippen MR) is 87.0 cm³/mol. The summed E-state index contributed by atoms with van der Waals surface area (Å²) in [5, 5.41) is 2.70. The summed E-state index contributed by atoms with van der Waals surface area (Å²) in [4.78, 5) is 14.1. The van der Waals surface area contributed by atoms with Crippen molar-refractivity contribution in [3.05, 3.63) is 60.2 Å². The third-order valence-electron chi connectivity index (χ3n) is 3.94. The Kier molecular flexibility index (Phi) is 4.28. The zero-order valence-corrected chi connectivity index (χ0v) is 12.7. The topological polar surface area (TPSA) is 41.6 Å². The first-order valence-corrected chi connectivity index (χ1v) is 7.51.